The Morgan fingerprint density at radius 2 is 1.95 bits per heavy atom. The molecule has 2 heterocycles. The molecule has 4 heteroatoms. The van der Waals surface area contributed by atoms with Crippen LogP contribution in [0.4, 0.5) is 0 Å². The van der Waals surface area contributed by atoms with E-state index in [-0.39, 0.29) is 6.04 Å². The molecular weight excluding hydrogens is 344 g/mol. The van der Waals surface area contributed by atoms with Crippen molar-refractivity contribution in [3.8, 4) is 0 Å². The first-order valence-corrected chi connectivity index (χ1v) is 8.50. The quantitative estimate of drug-likeness (QED) is 0.711. The van der Waals surface area contributed by atoms with Gasteiger partial charge in [-0.05, 0) is 72.2 Å². The minimum atomic E-state index is 0.214. The molecule has 0 saturated heterocycles. The first-order chi connectivity index (χ1) is 10.1. The number of halogens is 1. The average molecular weight is 361 g/mol. The summed E-state index contributed by atoms with van der Waals surface area (Å²) in [5, 5.41) is 4.61. The van der Waals surface area contributed by atoms with Gasteiger partial charge in [0.05, 0.1) is 15.3 Å². The third-order valence-corrected chi connectivity index (χ3v) is 5.84. The standard InChI is InChI=1S/C17H17BrN2S/c1-10-8-15(21-17(10)18)16(19-3)13-6-7-14-12(9-13)5-4-11(2)20-14/h4-9,16,19H,1-3H3. The molecule has 2 aromatic heterocycles. The highest BCUT2D eigenvalue weighted by Crippen LogP contribution is 2.34. The van der Waals surface area contributed by atoms with Crippen LogP contribution in [0.15, 0.2) is 40.2 Å². The molecule has 1 unspecified atom stereocenters. The van der Waals surface area contributed by atoms with Crippen LogP contribution >= 0.6 is 27.3 Å². The molecular formula is C17H17BrN2S. The van der Waals surface area contributed by atoms with E-state index < -0.39 is 0 Å². The molecule has 0 bridgehead atoms. The van der Waals surface area contributed by atoms with Gasteiger partial charge in [-0.2, -0.15) is 0 Å². The SMILES string of the molecule is CNC(c1ccc2nc(C)ccc2c1)c1cc(C)c(Br)s1. The van der Waals surface area contributed by atoms with Crippen LogP contribution in [0.1, 0.15) is 27.7 Å². The van der Waals surface area contributed by atoms with Crippen LogP contribution < -0.4 is 5.32 Å². The molecule has 0 saturated carbocycles. The van der Waals surface area contributed by atoms with Gasteiger partial charge in [0.25, 0.3) is 0 Å². The molecule has 0 aliphatic heterocycles. The molecule has 1 N–H and O–H groups in total. The fourth-order valence-electron chi connectivity index (χ4n) is 2.52. The van der Waals surface area contributed by atoms with Gasteiger partial charge in [0.2, 0.25) is 0 Å². The number of nitrogens with zero attached hydrogens (tertiary/aromatic N) is 1. The Labute approximate surface area is 137 Å². The summed E-state index contributed by atoms with van der Waals surface area (Å²) in [7, 11) is 2.01. The number of nitrogens with one attached hydrogen (secondary N) is 1. The molecule has 3 rings (SSSR count). The monoisotopic (exact) mass is 360 g/mol. The highest BCUT2D eigenvalue weighted by Gasteiger charge is 2.16. The zero-order valence-electron chi connectivity index (χ0n) is 12.3. The van der Waals surface area contributed by atoms with Gasteiger partial charge in [-0.15, -0.1) is 11.3 Å². The lowest BCUT2D eigenvalue weighted by atomic mass is 10.0. The van der Waals surface area contributed by atoms with Crippen molar-refractivity contribution in [3.63, 3.8) is 0 Å². The highest BCUT2D eigenvalue weighted by atomic mass is 79.9. The molecule has 0 fully saturated rings. The number of benzene rings is 1. The molecule has 2 nitrogen and oxygen atoms in total. The van der Waals surface area contributed by atoms with E-state index in [4.69, 9.17) is 0 Å². The Morgan fingerprint density at radius 1 is 1.14 bits per heavy atom. The van der Waals surface area contributed by atoms with Gasteiger partial charge in [-0.25, -0.2) is 0 Å². The van der Waals surface area contributed by atoms with Gasteiger partial charge in [0.1, 0.15) is 0 Å². The molecule has 21 heavy (non-hydrogen) atoms. The summed E-state index contributed by atoms with van der Waals surface area (Å²) >= 11 is 5.40. The largest absolute Gasteiger partial charge is 0.309 e. The predicted octanol–water partition coefficient (Wildman–Crippen LogP) is 4.98. The van der Waals surface area contributed by atoms with E-state index in [0.29, 0.717) is 0 Å². The molecule has 0 spiro atoms. The van der Waals surface area contributed by atoms with Crippen LogP contribution in [-0.4, -0.2) is 12.0 Å². The maximum atomic E-state index is 4.57. The van der Waals surface area contributed by atoms with Crippen LogP contribution in [0, 0.1) is 13.8 Å². The normalized spacial score (nSPS) is 12.8. The lowest BCUT2D eigenvalue weighted by Crippen LogP contribution is -2.16. The number of rotatable bonds is 3. The summed E-state index contributed by atoms with van der Waals surface area (Å²) in [5.74, 6) is 0. The summed E-state index contributed by atoms with van der Waals surface area (Å²) in [6, 6.07) is 13.2. The van der Waals surface area contributed by atoms with Gasteiger partial charge in [0, 0.05) is 16.0 Å². The van der Waals surface area contributed by atoms with E-state index in [1.54, 1.807) is 11.3 Å². The maximum Gasteiger partial charge on any atom is 0.0731 e. The van der Waals surface area contributed by atoms with Crippen LogP contribution in [-0.2, 0) is 0 Å². The van der Waals surface area contributed by atoms with Crippen molar-refractivity contribution < 1.29 is 0 Å². The number of aromatic nitrogens is 1. The summed E-state index contributed by atoms with van der Waals surface area (Å²) in [5.41, 5.74) is 4.66. The Kier molecular flexibility index (Phi) is 4.11. The van der Waals surface area contributed by atoms with Gasteiger partial charge in [0.15, 0.2) is 0 Å². The Balaban J connectivity index is 2.06. The number of aryl methyl sites for hydroxylation is 2. The third kappa shape index (κ3) is 2.89. The number of fused-ring (bicyclic) bond motifs is 1. The number of hydrogen-bond donors (Lipinski definition) is 1. The fraction of sp³-hybridized carbons (Fsp3) is 0.235. The Morgan fingerprint density at radius 3 is 2.62 bits per heavy atom. The smallest absolute Gasteiger partial charge is 0.0731 e. The van der Waals surface area contributed by atoms with Gasteiger partial charge in [-0.1, -0.05) is 12.1 Å². The molecule has 108 valence electrons. The van der Waals surface area contributed by atoms with E-state index in [9.17, 15) is 0 Å². The molecule has 1 aromatic carbocycles. The highest BCUT2D eigenvalue weighted by molar-refractivity contribution is 9.11. The number of pyridine rings is 1. The van der Waals surface area contributed by atoms with Crippen LogP contribution in [0.2, 0.25) is 0 Å². The van der Waals surface area contributed by atoms with Gasteiger partial charge >= 0.3 is 0 Å². The zero-order chi connectivity index (χ0) is 15.0. The minimum absolute atomic E-state index is 0.214. The van der Waals surface area contributed by atoms with Gasteiger partial charge < -0.3 is 5.32 Å². The zero-order valence-corrected chi connectivity index (χ0v) is 14.7. The summed E-state index contributed by atoms with van der Waals surface area (Å²) < 4.78 is 1.20. The molecule has 0 radical (unpaired) electrons. The molecule has 1 atom stereocenters. The maximum absolute atomic E-state index is 4.57. The number of hydrogen-bond acceptors (Lipinski definition) is 3. The van der Waals surface area contributed by atoms with E-state index in [1.807, 2.05) is 14.0 Å². The lowest BCUT2D eigenvalue weighted by Gasteiger charge is -2.15. The van der Waals surface area contributed by atoms with Crippen molar-refractivity contribution >= 4 is 38.2 Å². The molecule has 3 aromatic rings. The van der Waals surface area contributed by atoms with Crippen molar-refractivity contribution in [2.45, 2.75) is 19.9 Å². The summed E-state index contributed by atoms with van der Waals surface area (Å²) in [4.78, 5) is 5.89. The molecule has 0 amide bonds. The van der Waals surface area contributed by atoms with Crippen molar-refractivity contribution in [1.82, 2.24) is 10.3 Å². The molecule has 0 aliphatic carbocycles. The summed E-state index contributed by atoms with van der Waals surface area (Å²) in [6.07, 6.45) is 0. The first kappa shape index (κ1) is 14.7. The van der Waals surface area contributed by atoms with E-state index in [1.165, 1.54) is 25.2 Å². The Hall–Kier alpha value is -1.23. The fourth-order valence-corrected chi connectivity index (χ4v) is 4.23. The Bertz CT molecular complexity index is 775. The topological polar surface area (TPSA) is 24.9 Å². The second-order valence-corrected chi connectivity index (χ2v) is 7.63. The third-order valence-electron chi connectivity index (χ3n) is 3.64. The lowest BCUT2D eigenvalue weighted by molar-refractivity contribution is 0.704. The van der Waals surface area contributed by atoms with Crippen LogP contribution in [0.3, 0.4) is 0 Å². The molecule has 0 aliphatic rings. The second kappa shape index (κ2) is 5.87. The van der Waals surface area contributed by atoms with Gasteiger partial charge in [-0.3, -0.25) is 4.98 Å². The van der Waals surface area contributed by atoms with Crippen molar-refractivity contribution in [1.29, 1.82) is 0 Å². The predicted molar refractivity (Wildman–Crippen MR) is 94.1 cm³/mol. The van der Waals surface area contributed by atoms with Crippen molar-refractivity contribution in [2.24, 2.45) is 0 Å². The number of thiophene rings is 1. The van der Waals surface area contributed by atoms with Crippen molar-refractivity contribution in [2.75, 3.05) is 7.05 Å². The second-order valence-electron chi connectivity index (χ2n) is 5.23. The minimum Gasteiger partial charge on any atom is -0.309 e. The average Bonchev–Trinajstić information content (AvgIpc) is 2.79. The summed E-state index contributed by atoms with van der Waals surface area (Å²) in [6.45, 7) is 4.15. The van der Waals surface area contributed by atoms with E-state index in [0.717, 1.165) is 11.2 Å². The van der Waals surface area contributed by atoms with Crippen LogP contribution in [0.5, 0.6) is 0 Å². The van der Waals surface area contributed by atoms with Crippen molar-refractivity contribution in [3.05, 3.63) is 61.9 Å². The van der Waals surface area contributed by atoms with E-state index >= 15 is 0 Å². The van der Waals surface area contributed by atoms with E-state index in [2.05, 4.69) is 69.6 Å². The first-order valence-electron chi connectivity index (χ1n) is 6.89. The van der Waals surface area contributed by atoms with Crippen LogP contribution in [0.25, 0.3) is 10.9 Å².